The Kier molecular flexibility index (Phi) is 63.2. The molecule has 1 atom stereocenters. The molecule has 0 heterocycles. The highest BCUT2D eigenvalue weighted by Crippen LogP contribution is 2.17. The monoisotopic (exact) mass is 1090 g/mol. The van der Waals surface area contributed by atoms with E-state index in [1.807, 2.05) is 0 Å². The van der Waals surface area contributed by atoms with Crippen molar-refractivity contribution in [3.8, 4) is 0 Å². The first kappa shape index (κ1) is 74.6. The lowest BCUT2D eigenvalue weighted by molar-refractivity contribution is -0.167. The van der Waals surface area contributed by atoms with Gasteiger partial charge >= 0.3 is 17.9 Å². The van der Waals surface area contributed by atoms with Gasteiger partial charge in [0, 0.05) is 19.3 Å². The molecule has 1 unspecified atom stereocenters. The molecule has 0 fully saturated rings. The molecule has 0 aromatic carbocycles. The second-order valence-corrected chi connectivity index (χ2v) is 22.4. The summed E-state index contributed by atoms with van der Waals surface area (Å²) in [7, 11) is 0. The zero-order chi connectivity index (χ0) is 56.4. The van der Waals surface area contributed by atoms with E-state index in [-0.39, 0.29) is 31.1 Å². The van der Waals surface area contributed by atoms with E-state index in [4.69, 9.17) is 14.2 Å². The Hall–Kier alpha value is -3.41. The molecule has 0 saturated heterocycles. The van der Waals surface area contributed by atoms with Crippen LogP contribution >= 0.6 is 0 Å². The topological polar surface area (TPSA) is 78.9 Å². The van der Waals surface area contributed by atoms with Crippen molar-refractivity contribution in [2.45, 2.75) is 341 Å². The average molecular weight is 1090 g/mol. The number of carbonyl (C=O) groups excluding carboxylic acids is 3. The number of rotatable bonds is 61. The zero-order valence-electron chi connectivity index (χ0n) is 51.7. The Morgan fingerprint density at radius 1 is 0.269 bits per heavy atom. The Morgan fingerprint density at radius 2 is 0.500 bits per heavy atom. The lowest BCUT2D eigenvalue weighted by Crippen LogP contribution is -2.30. The Labute approximate surface area is 484 Å². The summed E-state index contributed by atoms with van der Waals surface area (Å²) in [6.07, 6.45) is 87.4. The molecule has 0 aromatic heterocycles. The number of ether oxygens (including phenoxy) is 3. The number of hydrogen-bond donors (Lipinski definition) is 0. The standard InChI is InChI=1S/C72H126O6/c1-4-7-10-13-16-19-22-25-27-29-31-32-33-34-35-36-37-38-39-40-42-43-45-47-50-53-56-59-62-65-71(74)77-68-69(67-76-70(73)64-61-58-55-52-49-24-21-18-15-12-9-6-3)78-72(75)66-63-60-57-54-51-48-46-44-41-30-28-26-23-20-17-14-11-8-5-2/h7,10,16-17,19-20,25-28,31-32,41,44,69H,4-6,8-9,11-15,18,21-24,29-30,33-40,42-43,45-68H2,1-3H3/b10-7-,19-16-,20-17-,27-25-,28-26-,32-31-,44-41-. The van der Waals surface area contributed by atoms with Crippen molar-refractivity contribution in [2.75, 3.05) is 13.2 Å². The number of esters is 3. The highest BCUT2D eigenvalue weighted by atomic mass is 16.6. The molecule has 0 bridgehead atoms. The third-order valence-electron chi connectivity index (χ3n) is 14.6. The highest BCUT2D eigenvalue weighted by Gasteiger charge is 2.19. The normalized spacial score (nSPS) is 12.6. The van der Waals surface area contributed by atoms with Gasteiger partial charge in [-0.05, 0) is 96.3 Å². The molecule has 6 nitrogen and oxygen atoms in total. The van der Waals surface area contributed by atoms with E-state index in [0.717, 1.165) is 109 Å². The minimum Gasteiger partial charge on any atom is -0.462 e. The molecule has 450 valence electrons. The number of carbonyl (C=O) groups is 3. The van der Waals surface area contributed by atoms with Crippen LogP contribution in [0.15, 0.2) is 85.1 Å². The first-order valence-electron chi connectivity index (χ1n) is 33.6. The first-order valence-corrected chi connectivity index (χ1v) is 33.6. The molecule has 0 aromatic rings. The van der Waals surface area contributed by atoms with Crippen LogP contribution in [0, 0.1) is 0 Å². The number of hydrogen-bond acceptors (Lipinski definition) is 6. The Balaban J connectivity index is 4.23. The van der Waals surface area contributed by atoms with Crippen LogP contribution in [0.4, 0.5) is 0 Å². The lowest BCUT2D eigenvalue weighted by atomic mass is 10.0. The fourth-order valence-corrected chi connectivity index (χ4v) is 9.62. The molecule has 0 saturated carbocycles. The van der Waals surface area contributed by atoms with Crippen LogP contribution in [-0.2, 0) is 28.6 Å². The van der Waals surface area contributed by atoms with Crippen LogP contribution in [-0.4, -0.2) is 37.2 Å². The van der Waals surface area contributed by atoms with E-state index in [2.05, 4.69) is 106 Å². The van der Waals surface area contributed by atoms with Crippen LogP contribution in [0.25, 0.3) is 0 Å². The van der Waals surface area contributed by atoms with E-state index in [1.165, 1.54) is 186 Å². The minimum absolute atomic E-state index is 0.0774. The minimum atomic E-state index is -0.782. The molecule has 78 heavy (non-hydrogen) atoms. The summed E-state index contributed by atoms with van der Waals surface area (Å²) in [6, 6.07) is 0. The fraction of sp³-hybridized carbons (Fsp3) is 0.764. The van der Waals surface area contributed by atoms with Crippen molar-refractivity contribution in [2.24, 2.45) is 0 Å². The largest absolute Gasteiger partial charge is 0.462 e. The van der Waals surface area contributed by atoms with Gasteiger partial charge in [0.15, 0.2) is 6.10 Å². The average Bonchev–Trinajstić information content (AvgIpc) is 3.44. The Morgan fingerprint density at radius 3 is 0.808 bits per heavy atom. The van der Waals surface area contributed by atoms with Gasteiger partial charge in [0.1, 0.15) is 13.2 Å². The van der Waals surface area contributed by atoms with Gasteiger partial charge < -0.3 is 14.2 Å². The van der Waals surface area contributed by atoms with Gasteiger partial charge in [-0.15, -0.1) is 0 Å². The van der Waals surface area contributed by atoms with Crippen molar-refractivity contribution in [3.05, 3.63) is 85.1 Å². The third-order valence-corrected chi connectivity index (χ3v) is 14.6. The number of unbranched alkanes of at least 4 members (excludes halogenated alkanes) is 36. The molecule has 0 N–H and O–H groups in total. The maximum atomic E-state index is 12.9. The third kappa shape index (κ3) is 63.4. The summed E-state index contributed by atoms with van der Waals surface area (Å²) < 4.78 is 16.9. The molecule has 0 radical (unpaired) electrons. The van der Waals surface area contributed by atoms with Gasteiger partial charge in [-0.3, -0.25) is 14.4 Å². The van der Waals surface area contributed by atoms with Gasteiger partial charge in [-0.25, -0.2) is 0 Å². The summed E-state index contributed by atoms with van der Waals surface area (Å²) in [5.41, 5.74) is 0. The van der Waals surface area contributed by atoms with E-state index < -0.39 is 6.10 Å². The van der Waals surface area contributed by atoms with Crippen LogP contribution < -0.4 is 0 Å². The predicted octanol–water partition coefficient (Wildman–Crippen LogP) is 23.1. The summed E-state index contributed by atoms with van der Waals surface area (Å²) >= 11 is 0. The van der Waals surface area contributed by atoms with Crippen molar-refractivity contribution in [3.63, 3.8) is 0 Å². The summed E-state index contributed by atoms with van der Waals surface area (Å²) in [6.45, 7) is 6.52. The van der Waals surface area contributed by atoms with Crippen LogP contribution in [0.1, 0.15) is 335 Å². The first-order chi connectivity index (χ1) is 38.5. The molecule has 0 amide bonds. The molecule has 0 aliphatic carbocycles. The van der Waals surface area contributed by atoms with Crippen molar-refractivity contribution >= 4 is 17.9 Å². The fourth-order valence-electron chi connectivity index (χ4n) is 9.62. The van der Waals surface area contributed by atoms with E-state index in [9.17, 15) is 14.4 Å². The van der Waals surface area contributed by atoms with Gasteiger partial charge in [0.2, 0.25) is 0 Å². The maximum absolute atomic E-state index is 12.9. The van der Waals surface area contributed by atoms with E-state index >= 15 is 0 Å². The van der Waals surface area contributed by atoms with Gasteiger partial charge in [-0.1, -0.05) is 305 Å². The zero-order valence-corrected chi connectivity index (χ0v) is 51.7. The summed E-state index contributed by atoms with van der Waals surface area (Å²) in [4.78, 5) is 38.3. The molecule has 0 rings (SSSR count). The van der Waals surface area contributed by atoms with Gasteiger partial charge in [-0.2, -0.15) is 0 Å². The van der Waals surface area contributed by atoms with Crippen molar-refractivity contribution in [1.29, 1.82) is 0 Å². The molecule has 0 aliphatic rings. The highest BCUT2D eigenvalue weighted by molar-refractivity contribution is 5.71. The van der Waals surface area contributed by atoms with Gasteiger partial charge in [0.25, 0.3) is 0 Å². The van der Waals surface area contributed by atoms with Gasteiger partial charge in [0.05, 0.1) is 0 Å². The van der Waals surface area contributed by atoms with Crippen molar-refractivity contribution < 1.29 is 28.6 Å². The second kappa shape index (κ2) is 66.1. The van der Waals surface area contributed by atoms with Crippen LogP contribution in [0.2, 0.25) is 0 Å². The van der Waals surface area contributed by atoms with Crippen LogP contribution in [0.5, 0.6) is 0 Å². The van der Waals surface area contributed by atoms with Crippen LogP contribution in [0.3, 0.4) is 0 Å². The van der Waals surface area contributed by atoms with Crippen molar-refractivity contribution in [1.82, 2.24) is 0 Å². The molecular formula is C72H126O6. The SMILES string of the molecule is CC/C=C\C/C=C\C/C=C\C/C=C\CCCCCCCCCCCCCCCCCCC(=O)OCC(COC(=O)CCCCCCCCCCCCCC)OC(=O)CCCCCCCC/C=C\C/C=C\C/C=C\CCCCC. The number of allylic oxidation sites excluding steroid dienone is 14. The summed E-state index contributed by atoms with van der Waals surface area (Å²) in [5.74, 6) is -0.874. The quantitative estimate of drug-likeness (QED) is 0.0261. The Bertz CT molecular complexity index is 1480. The second-order valence-electron chi connectivity index (χ2n) is 22.4. The van der Waals surface area contributed by atoms with E-state index in [1.54, 1.807) is 0 Å². The molecule has 0 spiro atoms. The summed E-state index contributed by atoms with van der Waals surface area (Å²) in [5, 5.41) is 0. The van der Waals surface area contributed by atoms with E-state index in [0.29, 0.717) is 19.3 Å². The molecule has 6 heteroatoms. The lowest BCUT2D eigenvalue weighted by Gasteiger charge is -2.18. The smallest absolute Gasteiger partial charge is 0.306 e. The maximum Gasteiger partial charge on any atom is 0.306 e. The predicted molar refractivity (Wildman–Crippen MR) is 339 cm³/mol. The molecular weight excluding hydrogens is 961 g/mol. The molecule has 0 aliphatic heterocycles.